The zero-order chi connectivity index (χ0) is 12.6. The molecule has 106 valence electrons. The van der Waals surface area contributed by atoms with Gasteiger partial charge in [0.2, 0.25) is 0 Å². The van der Waals surface area contributed by atoms with Crippen molar-refractivity contribution in [2.24, 2.45) is 0 Å². The van der Waals surface area contributed by atoms with Crippen molar-refractivity contribution in [3.63, 3.8) is 0 Å². The van der Waals surface area contributed by atoms with E-state index in [9.17, 15) is 4.79 Å². The molecule has 0 spiro atoms. The largest absolute Gasteiger partial charge is 1.00 e. The van der Waals surface area contributed by atoms with Crippen LogP contribution in [-0.4, -0.2) is 6.29 Å². The molecule has 0 rings (SSSR count). The van der Waals surface area contributed by atoms with E-state index in [1.165, 1.54) is 77.0 Å². The maximum absolute atomic E-state index is 10.1. The summed E-state index contributed by atoms with van der Waals surface area (Å²) in [6, 6.07) is 0. The van der Waals surface area contributed by atoms with Gasteiger partial charge in [-0.15, -0.1) is 0 Å². The fourth-order valence-electron chi connectivity index (χ4n) is 2.25. The first-order valence-corrected chi connectivity index (χ1v) is 7.85. The van der Waals surface area contributed by atoms with Gasteiger partial charge in [0.15, 0.2) is 0 Å². The van der Waals surface area contributed by atoms with Crippen molar-refractivity contribution >= 4 is 6.29 Å². The predicted molar refractivity (Wildman–Crippen MR) is 78.6 cm³/mol. The quantitative estimate of drug-likeness (QED) is 0.248. The summed E-state index contributed by atoms with van der Waals surface area (Å²) >= 11 is 0. The summed E-state index contributed by atoms with van der Waals surface area (Å²) in [4.78, 5) is 10.1. The van der Waals surface area contributed by atoms with Gasteiger partial charge in [0.1, 0.15) is 6.29 Å². The SMILES string of the molecule is CCCCCCCCCCCCCCCC=O.[H-].[H-].[K+].[K+]. The smallest absolute Gasteiger partial charge is 1.00 e. The normalized spacial score (nSPS) is 9.53. The summed E-state index contributed by atoms with van der Waals surface area (Å²) < 4.78 is 0. The van der Waals surface area contributed by atoms with E-state index in [0.29, 0.717) is 0 Å². The third kappa shape index (κ3) is 26.2. The minimum atomic E-state index is 0. The Bertz CT molecular complexity index is 161. The third-order valence-corrected chi connectivity index (χ3v) is 3.43. The minimum absolute atomic E-state index is 0. The fraction of sp³-hybridized carbons (Fsp3) is 0.938. The van der Waals surface area contributed by atoms with Gasteiger partial charge < -0.3 is 7.65 Å². The molecule has 0 saturated heterocycles. The van der Waals surface area contributed by atoms with Gasteiger partial charge in [0, 0.05) is 6.42 Å². The first kappa shape index (κ1) is 26.8. The Labute approximate surface area is 209 Å². The van der Waals surface area contributed by atoms with Crippen LogP contribution in [0.1, 0.15) is 99.7 Å². The molecule has 0 fully saturated rings. The Morgan fingerprint density at radius 3 is 1.26 bits per heavy atom. The predicted octanol–water partition coefficient (Wildman–Crippen LogP) is -0.100. The van der Waals surface area contributed by atoms with Crippen LogP contribution < -0.4 is 103 Å². The van der Waals surface area contributed by atoms with Gasteiger partial charge in [-0.25, -0.2) is 0 Å². The van der Waals surface area contributed by atoms with Crippen molar-refractivity contribution < 1.29 is 110 Å². The van der Waals surface area contributed by atoms with Crippen LogP contribution in [0.3, 0.4) is 0 Å². The molecule has 0 heterocycles. The first-order chi connectivity index (χ1) is 8.41. The van der Waals surface area contributed by atoms with Crippen LogP contribution in [0, 0.1) is 0 Å². The Morgan fingerprint density at radius 1 is 0.632 bits per heavy atom. The zero-order valence-corrected chi connectivity index (χ0v) is 20.1. The van der Waals surface area contributed by atoms with Crippen molar-refractivity contribution in [1.82, 2.24) is 0 Å². The number of hydrogen-bond donors (Lipinski definition) is 0. The Morgan fingerprint density at radius 2 is 0.947 bits per heavy atom. The molecule has 0 N–H and O–H groups in total. The van der Waals surface area contributed by atoms with E-state index >= 15 is 0 Å². The van der Waals surface area contributed by atoms with Crippen LogP contribution in [0.2, 0.25) is 0 Å². The summed E-state index contributed by atoms with van der Waals surface area (Å²) in [5.41, 5.74) is 0. The molecule has 0 bridgehead atoms. The molecule has 0 aromatic rings. The van der Waals surface area contributed by atoms with Crippen LogP contribution in [0.15, 0.2) is 0 Å². The summed E-state index contributed by atoms with van der Waals surface area (Å²) in [5.74, 6) is 0. The maximum atomic E-state index is 10.1. The maximum Gasteiger partial charge on any atom is 1.00 e. The third-order valence-electron chi connectivity index (χ3n) is 3.43. The van der Waals surface area contributed by atoms with Gasteiger partial charge in [-0.3, -0.25) is 0 Å². The molecule has 0 aliphatic rings. The van der Waals surface area contributed by atoms with Crippen LogP contribution in [0.5, 0.6) is 0 Å². The second-order valence-electron chi connectivity index (χ2n) is 5.20. The van der Waals surface area contributed by atoms with Crippen LogP contribution in [-0.2, 0) is 4.79 Å². The molecule has 0 radical (unpaired) electrons. The van der Waals surface area contributed by atoms with Crippen molar-refractivity contribution in [2.75, 3.05) is 0 Å². The molecule has 0 amide bonds. The average molecular weight is 321 g/mol. The molecule has 0 atom stereocenters. The number of unbranched alkanes of at least 4 members (excludes halogenated alkanes) is 13. The summed E-state index contributed by atoms with van der Waals surface area (Å²) in [6.45, 7) is 2.27. The Balaban J connectivity index is -0.000000213. The molecule has 19 heavy (non-hydrogen) atoms. The fourth-order valence-corrected chi connectivity index (χ4v) is 2.25. The van der Waals surface area contributed by atoms with Crippen molar-refractivity contribution in [3.05, 3.63) is 0 Å². The van der Waals surface area contributed by atoms with E-state index in [1.54, 1.807) is 0 Å². The van der Waals surface area contributed by atoms with Gasteiger partial charge in [-0.2, -0.15) is 0 Å². The molecule has 1 nitrogen and oxygen atoms in total. The number of carbonyl (C=O) groups excluding carboxylic acids is 1. The topological polar surface area (TPSA) is 17.1 Å². The van der Waals surface area contributed by atoms with Gasteiger partial charge in [0.25, 0.3) is 0 Å². The van der Waals surface area contributed by atoms with Gasteiger partial charge >= 0.3 is 103 Å². The number of carbonyl (C=O) groups is 1. The van der Waals surface area contributed by atoms with Crippen molar-refractivity contribution in [3.8, 4) is 0 Å². The first-order valence-electron chi connectivity index (χ1n) is 7.85. The summed E-state index contributed by atoms with van der Waals surface area (Å²) in [6.07, 6.45) is 19.6. The van der Waals surface area contributed by atoms with E-state index in [0.717, 1.165) is 19.1 Å². The van der Waals surface area contributed by atoms with Crippen LogP contribution in [0.4, 0.5) is 0 Å². The average Bonchev–Trinajstić information content (AvgIpc) is 2.35. The van der Waals surface area contributed by atoms with Crippen LogP contribution >= 0.6 is 0 Å². The van der Waals surface area contributed by atoms with Crippen molar-refractivity contribution in [1.29, 1.82) is 0 Å². The molecule has 0 saturated carbocycles. The molecule has 0 aliphatic heterocycles. The summed E-state index contributed by atoms with van der Waals surface area (Å²) in [5, 5.41) is 0. The van der Waals surface area contributed by atoms with Gasteiger partial charge in [-0.1, -0.05) is 84.0 Å². The monoisotopic (exact) mass is 320 g/mol. The second-order valence-corrected chi connectivity index (χ2v) is 5.20. The van der Waals surface area contributed by atoms with Crippen molar-refractivity contribution in [2.45, 2.75) is 96.8 Å². The zero-order valence-electron chi connectivity index (χ0n) is 15.9. The van der Waals surface area contributed by atoms with E-state index in [-0.39, 0.29) is 106 Å². The molecule has 0 aromatic heterocycles. The van der Waals surface area contributed by atoms with E-state index in [2.05, 4.69) is 6.92 Å². The van der Waals surface area contributed by atoms with Crippen LogP contribution in [0.25, 0.3) is 0 Å². The molecular formula is C16H34K2O. The van der Waals surface area contributed by atoms with E-state index in [1.807, 2.05) is 0 Å². The molecule has 0 aliphatic carbocycles. The van der Waals surface area contributed by atoms with Gasteiger partial charge in [-0.05, 0) is 6.42 Å². The Kier molecular flexibility index (Phi) is 36.5. The number of aldehydes is 1. The minimum Gasteiger partial charge on any atom is -1.00 e. The Hall–Kier alpha value is 2.94. The van der Waals surface area contributed by atoms with Gasteiger partial charge in [0.05, 0.1) is 0 Å². The van der Waals surface area contributed by atoms with E-state index < -0.39 is 0 Å². The molecule has 0 aromatic carbocycles. The standard InChI is InChI=1S/C16H32O.2K.2H/c1-2-3-4-5-6-7-8-9-10-11-12-13-14-15-16-17;;;;/h16H,2-15H2,1H3;;;;/q;2*+1;2*-1. The second kappa shape index (κ2) is 25.9. The van der Waals surface area contributed by atoms with E-state index in [4.69, 9.17) is 0 Å². The molecule has 0 unspecified atom stereocenters. The number of rotatable bonds is 14. The molecular weight excluding hydrogens is 286 g/mol. The summed E-state index contributed by atoms with van der Waals surface area (Å²) in [7, 11) is 0. The number of hydrogen-bond acceptors (Lipinski definition) is 1. The molecule has 3 heteroatoms.